The van der Waals surface area contributed by atoms with Crippen molar-refractivity contribution in [2.45, 2.75) is 0 Å². The van der Waals surface area contributed by atoms with Crippen LogP contribution in [0.4, 0.5) is 0 Å². The first-order valence-electron chi connectivity index (χ1n) is 2.61. The Morgan fingerprint density at radius 3 is 3.10 bits per heavy atom. The van der Waals surface area contributed by atoms with Crippen molar-refractivity contribution in [3.05, 3.63) is 11.4 Å². The van der Waals surface area contributed by atoms with Gasteiger partial charge >= 0.3 is 0 Å². The predicted molar refractivity (Wildman–Crippen MR) is 36.4 cm³/mol. The molecule has 0 bridgehead atoms. The minimum atomic E-state index is 0. The number of nitrogens with zero attached hydrogens (tertiary/aromatic N) is 3. The van der Waals surface area contributed by atoms with Crippen LogP contribution < -0.4 is 0 Å². The summed E-state index contributed by atoms with van der Waals surface area (Å²) in [6.07, 6.45) is 0. The Morgan fingerprint density at radius 1 is 1.60 bits per heavy atom. The summed E-state index contributed by atoms with van der Waals surface area (Å²) in [6.45, 7) is 0. The minimum Gasteiger partial charge on any atom is -0.247 e. The Balaban J connectivity index is 0.000000500. The molecule has 2 aromatic heterocycles. The second-order valence-corrected chi connectivity index (χ2v) is 2.72. The van der Waals surface area contributed by atoms with E-state index < -0.39 is 0 Å². The molecule has 0 saturated heterocycles. The van der Waals surface area contributed by atoms with E-state index in [9.17, 15) is 0 Å². The van der Waals surface area contributed by atoms with Gasteiger partial charge in [0, 0.05) is 28.1 Å². The van der Waals surface area contributed by atoms with Gasteiger partial charge < -0.3 is 0 Å². The van der Waals surface area contributed by atoms with Gasteiger partial charge in [-0.1, -0.05) is 5.21 Å². The predicted octanol–water partition coefficient (Wildman–Crippen LogP) is 1.03. The van der Waals surface area contributed by atoms with Gasteiger partial charge in [-0.25, -0.2) is 4.68 Å². The van der Waals surface area contributed by atoms with Gasteiger partial charge in [-0.2, -0.15) is 0 Å². The number of hydrogen-bond donors (Lipinski definition) is 0. The first-order valence-corrected chi connectivity index (χ1v) is 3.49. The van der Waals surface area contributed by atoms with Gasteiger partial charge in [0.2, 0.25) is 0 Å². The molecule has 0 aliphatic carbocycles. The van der Waals surface area contributed by atoms with Gasteiger partial charge in [-0.05, 0) is 11.4 Å². The van der Waals surface area contributed by atoms with Crippen LogP contribution >= 0.6 is 11.3 Å². The zero-order valence-electron chi connectivity index (χ0n) is 5.22. The molecule has 0 fully saturated rings. The number of aryl methyl sites for hydroxylation is 1. The maximum Gasteiger partial charge on any atom is 0.165 e. The SMILES string of the molecule is Cn1nnc2sccc21.[Pt]. The molecule has 0 spiro atoms. The standard InChI is InChI=1S/C5H5N3S.Pt/c1-8-4-2-3-9-5(4)6-7-8;/h2-3H,1H3;. The third kappa shape index (κ3) is 1.02. The van der Waals surface area contributed by atoms with Crippen LogP contribution in [0.3, 0.4) is 0 Å². The molecule has 56 valence electrons. The van der Waals surface area contributed by atoms with E-state index in [-0.39, 0.29) is 21.1 Å². The van der Waals surface area contributed by atoms with E-state index in [1.807, 2.05) is 18.5 Å². The van der Waals surface area contributed by atoms with Gasteiger partial charge in [-0.3, -0.25) is 0 Å². The van der Waals surface area contributed by atoms with Gasteiger partial charge in [0.05, 0.1) is 5.52 Å². The van der Waals surface area contributed by atoms with Gasteiger partial charge in [0.25, 0.3) is 0 Å². The number of hydrogen-bond acceptors (Lipinski definition) is 3. The van der Waals surface area contributed by atoms with E-state index in [1.54, 1.807) is 16.0 Å². The Hall–Kier alpha value is -0.212. The van der Waals surface area contributed by atoms with Crippen LogP contribution in [-0.2, 0) is 28.1 Å². The summed E-state index contributed by atoms with van der Waals surface area (Å²) >= 11 is 1.61. The Morgan fingerprint density at radius 2 is 2.40 bits per heavy atom. The number of thiophene rings is 1. The largest absolute Gasteiger partial charge is 0.247 e. The second kappa shape index (κ2) is 2.80. The normalized spacial score (nSPS) is 9.70. The fourth-order valence-corrected chi connectivity index (χ4v) is 1.50. The van der Waals surface area contributed by atoms with E-state index in [1.165, 1.54) is 0 Å². The first kappa shape index (κ1) is 7.89. The van der Waals surface area contributed by atoms with Crippen molar-refractivity contribution >= 4 is 21.7 Å². The molecule has 5 heteroatoms. The van der Waals surface area contributed by atoms with Crippen molar-refractivity contribution in [2.75, 3.05) is 0 Å². The molecular weight excluding hydrogens is 329 g/mol. The van der Waals surface area contributed by atoms with Crippen LogP contribution in [0.1, 0.15) is 0 Å². The summed E-state index contributed by atoms with van der Waals surface area (Å²) in [5.74, 6) is 0. The first-order chi connectivity index (χ1) is 4.38. The smallest absolute Gasteiger partial charge is 0.165 e. The molecular formula is C5H5N3PtS. The van der Waals surface area contributed by atoms with Crippen LogP contribution in [0.15, 0.2) is 11.4 Å². The van der Waals surface area contributed by atoms with Gasteiger partial charge in [0.15, 0.2) is 4.83 Å². The van der Waals surface area contributed by atoms with Crippen LogP contribution in [0.2, 0.25) is 0 Å². The molecule has 0 radical (unpaired) electrons. The van der Waals surface area contributed by atoms with Crippen LogP contribution in [-0.4, -0.2) is 15.0 Å². The molecule has 0 aromatic carbocycles. The fourth-order valence-electron chi connectivity index (χ4n) is 0.772. The molecule has 10 heavy (non-hydrogen) atoms. The molecule has 0 aliphatic heterocycles. The molecule has 2 aromatic rings. The van der Waals surface area contributed by atoms with E-state index >= 15 is 0 Å². The monoisotopic (exact) mass is 334 g/mol. The summed E-state index contributed by atoms with van der Waals surface area (Å²) in [5.41, 5.74) is 1.11. The maximum atomic E-state index is 3.91. The number of fused-ring (bicyclic) bond motifs is 1. The Bertz CT molecular complexity index is 326. The zero-order valence-corrected chi connectivity index (χ0v) is 8.31. The van der Waals surface area contributed by atoms with Crippen LogP contribution in [0, 0.1) is 0 Å². The minimum absolute atomic E-state index is 0. The van der Waals surface area contributed by atoms with Crippen molar-refractivity contribution in [1.29, 1.82) is 0 Å². The summed E-state index contributed by atoms with van der Waals surface area (Å²) < 4.78 is 1.77. The zero-order chi connectivity index (χ0) is 6.27. The Kier molecular flexibility index (Phi) is 2.21. The molecule has 0 amide bonds. The topological polar surface area (TPSA) is 30.7 Å². The maximum absolute atomic E-state index is 3.91. The summed E-state index contributed by atoms with van der Waals surface area (Å²) in [4.78, 5) is 1.01. The van der Waals surface area contributed by atoms with Crippen molar-refractivity contribution in [3.8, 4) is 0 Å². The molecule has 0 aliphatic rings. The third-order valence-corrected chi connectivity index (χ3v) is 2.03. The second-order valence-electron chi connectivity index (χ2n) is 1.82. The van der Waals surface area contributed by atoms with Gasteiger partial charge in [0.1, 0.15) is 0 Å². The summed E-state index contributed by atoms with van der Waals surface area (Å²) in [7, 11) is 1.89. The summed E-state index contributed by atoms with van der Waals surface area (Å²) in [5, 5.41) is 9.76. The average Bonchev–Trinajstić information content (AvgIpc) is 2.35. The molecule has 0 N–H and O–H groups in total. The van der Waals surface area contributed by atoms with E-state index in [4.69, 9.17) is 0 Å². The third-order valence-electron chi connectivity index (χ3n) is 1.24. The molecule has 0 atom stereocenters. The number of aromatic nitrogens is 3. The molecule has 2 heterocycles. The van der Waals surface area contributed by atoms with E-state index in [0.29, 0.717) is 0 Å². The Labute approximate surface area is 76.3 Å². The van der Waals surface area contributed by atoms with Crippen LogP contribution in [0.5, 0.6) is 0 Å². The number of rotatable bonds is 0. The molecule has 3 nitrogen and oxygen atoms in total. The molecule has 0 unspecified atom stereocenters. The quantitative estimate of drug-likeness (QED) is 0.720. The van der Waals surface area contributed by atoms with Gasteiger partial charge in [-0.15, -0.1) is 16.4 Å². The van der Waals surface area contributed by atoms with Crippen molar-refractivity contribution in [2.24, 2.45) is 7.05 Å². The average molecular weight is 334 g/mol. The van der Waals surface area contributed by atoms with E-state index in [2.05, 4.69) is 10.3 Å². The summed E-state index contributed by atoms with van der Waals surface area (Å²) in [6, 6.07) is 2.01. The molecule has 2 rings (SSSR count). The van der Waals surface area contributed by atoms with Crippen molar-refractivity contribution in [3.63, 3.8) is 0 Å². The fraction of sp³-hybridized carbons (Fsp3) is 0.200. The van der Waals surface area contributed by atoms with Crippen molar-refractivity contribution < 1.29 is 21.1 Å². The molecule has 0 saturated carbocycles. The van der Waals surface area contributed by atoms with Crippen molar-refractivity contribution in [1.82, 2.24) is 15.0 Å². The van der Waals surface area contributed by atoms with Crippen LogP contribution in [0.25, 0.3) is 10.3 Å². The van der Waals surface area contributed by atoms with E-state index in [0.717, 1.165) is 10.3 Å².